The van der Waals surface area contributed by atoms with Crippen LogP contribution >= 0.6 is 0 Å². The number of aliphatic hydroxyl groups is 2. The first-order valence-electron chi connectivity index (χ1n) is 20.6. The van der Waals surface area contributed by atoms with Gasteiger partial charge in [-0.05, 0) is 69.9 Å². The van der Waals surface area contributed by atoms with E-state index in [0.29, 0.717) is 11.1 Å². The number of nitrogens with one attached hydrogen (secondary N) is 1. The Hall–Kier alpha value is -4.67. The fourth-order valence-corrected chi connectivity index (χ4v) is 9.35. The molecular formula is C46H61NO14. The molecule has 2 fully saturated rings. The molecule has 0 spiro atoms. The van der Waals surface area contributed by atoms with Crippen molar-refractivity contribution in [3.05, 3.63) is 82.9 Å². The number of ketones is 1. The Labute approximate surface area is 357 Å². The number of amides is 1. The minimum absolute atomic E-state index is 0.0152. The fourth-order valence-electron chi connectivity index (χ4n) is 9.35. The molecule has 5 rings (SSSR count). The summed E-state index contributed by atoms with van der Waals surface area (Å²) in [7, 11) is 2.82. The van der Waals surface area contributed by atoms with Gasteiger partial charge in [-0.2, -0.15) is 0 Å². The molecule has 2 aromatic carbocycles. The van der Waals surface area contributed by atoms with Gasteiger partial charge in [-0.25, -0.2) is 14.4 Å². The van der Waals surface area contributed by atoms with Gasteiger partial charge in [0.1, 0.15) is 36.1 Å². The zero-order chi connectivity index (χ0) is 45.1. The van der Waals surface area contributed by atoms with E-state index in [2.05, 4.69) is 5.32 Å². The number of methoxy groups -OCH3 is 2. The zero-order valence-corrected chi connectivity index (χ0v) is 36.7. The quantitative estimate of drug-likeness (QED) is 0.151. The maximum Gasteiger partial charge on any atom is 0.408 e. The first-order chi connectivity index (χ1) is 28.6. The van der Waals surface area contributed by atoms with Gasteiger partial charge >= 0.3 is 24.0 Å². The van der Waals surface area contributed by atoms with Crippen molar-refractivity contribution >= 4 is 29.8 Å². The van der Waals surface area contributed by atoms with E-state index in [4.69, 9.17) is 33.2 Å². The van der Waals surface area contributed by atoms with E-state index in [-0.39, 0.29) is 43.6 Å². The predicted octanol–water partition coefficient (Wildman–Crippen LogP) is 5.21. The van der Waals surface area contributed by atoms with Crippen LogP contribution in [0.5, 0.6) is 0 Å². The number of hydrogen-bond donors (Lipinski definition) is 3. The molecule has 1 heterocycles. The number of alkyl carbamates (subject to hydrolysis) is 1. The average Bonchev–Trinajstić information content (AvgIpc) is 3.20. The highest BCUT2D eigenvalue weighted by Gasteiger charge is 2.68. The SMILES string of the molecule is CO[C@H]1C(=O)[C@]2(C)[C@@H](OC)C[C@H](COC(C)=O)OCC[C@H]2[C@H](OC(=O)c2ccccc2)[C@]2(O)C[C@H](OC(=O)[C@H](O)[C@@H](NC(=O)OC(C)(C)C)c3ccccc3)C(C)=C1C2(C)C. The summed E-state index contributed by atoms with van der Waals surface area (Å²) in [6.07, 6.45) is -8.71. The number of aliphatic hydroxyl groups excluding tert-OH is 1. The first kappa shape index (κ1) is 47.4. The molecule has 1 aliphatic heterocycles. The molecule has 0 aromatic heterocycles. The highest BCUT2D eigenvalue weighted by molar-refractivity contribution is 5.94. The Balaban J connectivity index is 1.65. The molecule has 61 heavy (non-hydrogen) atoms. The molecule has 1 saturated carbocycles. The molecule has 3 aliphatic rings. The number of fused-ring (bicyclic) bond motifs is 3. The number of esters is 3. The number of hydrogen-bond acceptors (Lipinski definition) is 14. The second kappa shape index (κ2) is 18.7. The summed E-state index contributed by atoms with van der Waals surface area (Å²) in [5, 5.41) is 27.8. The smallest absolute Gasteiger partial charge is 0.408 e. The fraction of sp³-hybridized carbons (Fsp3) is 0.587. The van der Waals surface area contributed by atoms with Gasteiger partial charge in [0.05, 0.1) is 29.2 Å². The lowest BCUT2D eigenvalue weighted by molar-refractivity contribution is -0.227. The summed E-state index contributed by atoms with van der Waals surface area (Å²) in [4.78, 5) is 68.7. The number of carbonyl (C=O) groups is 5. The van der Waals surface area contributed by atoms with Crippen LogP contribution < -0.4 is 5.32 Å². The molecule has 3 N–H and O–H groups in total. The predicted molar refractivity (Wildman–Crippen MR) is 220 cm³/mol. The lowest BCUT2D eigenvalue weighted by Crippen LogP contribution is -2.71. The molecule has 0 unspecified atom stereocenters. The van der Waals surface area contributed by atoms with Gasteiger partial charge in [-0.1, -0.05) is 62.4 Å². The van der Waals surface area contributed by atoms with Crippen LogP contribution in [-0.4, -0.2) is 115 Å². The largest absolute Gasteiger partial charge is 0.463 e. The van der Waals surface area contributed by atoms with Crippen LogP contribution in [0.15, 0.2) is 71.8 Å². The van der Waals surface area contributed by atoms with E-state index < -0.39 is 100 Å². The normalized spacial score (nSPS) is 29.9. The lowest BCUT2D eigenvalue weighted by atomic mass is 9.49. The molecule has 1 amide bonds. The first-order valence-corrected chi connectivity index (χ1v) is 20.6. The van der Waals surface area contributed by atoms with Gasteiger partial charge < -0.3 is 48.7 Å². The Morgan fingerprint density at radius 1 is 0.951 bits per heavy atom. The van der Waals surface area contributed by atoms with E-state index in [1.165, 1.54) is 21.1 Å². The Morgan fingerprint density at radius 2 is 1.57 bits per heavy atom. The number of benzene rings is 2. The molecule has 334 valence electrons. The van der Waals surface area contributed by atoms with Crippen LogP contribution in [-0.2, 0) is 47.5 Å². The molecule has 0 radical (unpaired) electrons. The van der Waals surface area contributed by atoms with Gasteiger partial charge in [-0.15, -0.1) is 0 Å². The number of rotatable bonds is 11. The number of Topliss-reactive ketones (excluding diaryl/α,β-unsaturated/α-hetero) is 1. The van der Waals surface area contributed by atoms with Crippen molar-refractivity contribution in [1.29, 1.82) is 0 Å². The molecule has 2 aliphatic carbocycles. The highest BCUT2D eigenvalue weighted by Crippen LogP contribution is 2.59. The summed E-state index contributed by atoms with van der Waals surface area (Å²) in [6, 6.07) is 15.3. The van der Waals surface area contributed by atoms with Crippen molar-refractivity contribution in [3.8, 4) is 0 Å². The zero-order valence-electron chi connectivity index (χ0n) is 36.7. The Kier molecular flexibility index (Phi) is 14.6. The van der Waals surface area contributed by atoms with Crippen LogP contribution in [0, 0.1) is 16.7 Å². The second-order valence-corrected chi connectivity index (χ2v) is 17.9. The maximum atomic E-state index is 15.5. The topological polar surface area (TPSA) is 202 Å². The third kappa shape index (κ3) is 9.71. The Bertz CT molecular complexity index is 1940. The van der Waals surface area contributed by atoms with Crippen molar-refractivity contribution in [2.45, 2.75) is 129 Å². The third-order valence-electron chi connectivity index (χ3n) is 12.6. The van der Waals surface area contributed by atoms with E-state index in [9.17, 15) is 29.4 Å². The minimum atomic E-state index is -2.09. The van der Waals surface area contributed by atoms with Crippen molar-refractivity contribution in [2.75, 3.05) is 27.4 Å². The van der Waals surface area contributed by atoms with Crippen molar-refractivity contribution in [2.24, 2.45) is 16.7 Å². The van der Waals surface area contributed by atoms with Crippen molar-refractivity contribution in [3.63, 3.8) is 0 Å². The molecular weight excluding hydrogens is 790 g/mol. The lowest BCUT2D eigenvalue weighted by Gasteiger charge is -2.60. The monoisotopic (exact) mass is 851 g/mol. The molecule has 2 aromatic rings. The van der Waals surface area contributed by atoms with Crippen molar-refractivity contribution < 1.29 is 67.3 Å². The Morgan fingerprint density at radius 3 is 2.15 bits per heavy atom. The van der Waals surface area contributed by atoms with Crippen LogP contribution in [0.3, 0.4) is 0 Å². The second-order valence-electron chi connectivity index (χ2n) is 17.9. The molecule has 1 saturated heterocycles. The minimum Gasteiger partial charge on any atom is -0.463 e. The summed E-state index contributed by atoms with van der Waals surface area (Å²) in [5.74, 6) is -3.85. The number of carbonyl (C=O) groups excluding carboxylic acids is 5. The van der Waals surface area contributed by atoms with Gasteiger partial charge in [0.2, 0.25) is 0 Å². The summed E-state index contributed by atoms with van der Waals surface area (Å²) in [5.41, 5.74) is -4.65. The maximum absolute atomic E-state index is 15.5. The van der Waals surface area contributed by atoms with Crippen LogP contribution in [0.2, 0.25) is 0 Å². The molecule has 2 bridgehead atoms. The standard InChI is InChI=1S/C46H61NO14/c1-26-32(59-41(52)36(49)35(28-17-13-11-14-18-28)47-42(53)61-43(3,4)5)24-46(54)39(60-40(51)29-19-15-12-16-20-29)31-21-22-57-30(25-58-27(2)48)23-33(55-9)45(31,8)38(50)37(56-10)34(26)44(46,6)7/h11-20,30-33,35-37,39,49,54H,21-25H2,1-10H3,(H,47,53)/t30-,31+,32+,33+,35+,36-,37-,39+,45+,46-/m1/s1. The molecule has 15 nitrogen and oxygen atoms in total. The van der Waals surface area contributed by atoms with Crippen LogP contribution in [0.25, 0.3) is 0 Å². The number of ether oxygens (including phenoxy) is 7. The van der Waals surface area contributed by atoms with E-state index in [0.717, 1.165) is 0 Å². The van der Waals surface area contributed by atoms with Gasteiger partial charge in [-0.3, -0.25) is 9.59 Å². The summed E-state index contributed by atoms with van der Waals surface area (Å²) >= 11 is 0. The van der Waals surface area contributed by atoms with Crippen LogP contribution in [0.1, 0.15) is 96.6 Å². The van der Waals surface area contributed by atoms with E-state index in [1.54, 1.807) is 109 Å². The summed E-state index contributed by atoms with van der Waals surface area (Å²) in [6.45, 7) is 13.1. The third-order valence-corrected chi connectivity index (χ3v) is 12.6. The van der Waals surface area contributed by atoms with E-state index in [1.807, 2.05) is 0 Å². The molecule has 10 atom stereocenters. The van der Waals surface area contributed by atoms with Crippen LogP contribution in [0.4, 0.5) is 4.79 Å². The highest BCUT2D eigenvalue weighted by atomic mass is 16.6. The molecule has 15 heteroatoms. The summed E-state index contributed by atoms with van der Waals surface area (Å²) < 4.78 is 41.7. The van der Waals surface area contributed by atoms with E-state index >= 15 is 4.79 Å². The van der Waals surface area contributed by atoms with Gasteiger partial charge in [0.25, 0.3) is 0 Å². The average molecular weight is 852 g/mol. The van der Waals surface area contributed by atoms with Gasteiger partial charge in [0.15, 0.2) is 11.9 Å². The van der Waals surface area contributed by atoms with Crippen molar-refractivity contribution in [1.82, 2.24) is 5.32 Å². The van der Waals surface area contributed by atoms with Gasteiger partial charge in [0, 0.05) is 51.9 Å².